The summed E-state index contributed by atoms with van der Waals surface area (Å²) in [5.74, 6) is -0.137. The smallest absolute Gasteiger partial charge is 0.340 e. The fourth-order valence-corrected chi connectivity index (χ4v) is 6.96. The molecule has 200 valence electrons. The summed E-state index contributed by atoms with van der Waals surface area (Å²) in [5, 5.41) is 3.02. The maximum Gasteiger partial charge on any atom is 0.340 e. The number of anilines is 1. The first-order chi connectivity index (χ1) is 17.3. The zero-order valence-electron chi connectivity index (χ0n) is 21.4. The maximum absolute atomic E-state index is 13.3. The number of hydrogen-bond donors (Lipinski definition) is 1. The average molecular weight is 522 g/mol. The van der Waals surface area contributed by atoms with Gasteiger partial charge in [0.2, 0.25) is 10.0 Å². The molecule has 9 nitrogen and oxygen atoms in total. The Bertz CT molecular complexity index is 1030. The van der Waals surface area contributed by atoms with Crippen LogP contribution in [0.15, 0.2) is 23.1 Å². The van der Waals surface area contributed by atoms with Crippen molar-refractivity contribution in [1.29, 1.82) is 0 Å². The van der Waals surface area contributed by atoms with Crippen LogP contribution in [-0.4, -0.2) is 76.6 Å². The Morgan fingerprint density at radius 2 is 1.75 bits per heavy atom. The summed E-state index contributed by atoms with van der Waals surface area (Å²) in [7, 11) is -3.72. The topological polar surface area (TPSA) is 105 Å². The summed E-state index contributed by atoms with van der Waals surface area (Å²) in [6.07, 6.45) is 5.81. The number of sulfonamides is 1. The fourth-order valence-electron chi connectivity index (χ4n) is 5.42. The predicted octanol–water partition coefficient (Wildman–Crippen LogP) is 2.80. The third-order valence-corrected chi connectivity index (χ3v) is 9.77. The highest BCUT2D eigenvalue weighted by molar-refractivity contribution is 7.89. The monoisotopic (exact) mass is 521 g/mol. The molecular formula is C26H39N3O6S. The van der Waals surface area contributed by atoms with Gasteiger partial charge in [-0.05, 0) is 49.3 Å². The number of piperidine rings is 1. The number of amides is 1. The minimum Gasteiger partial charge on any atom is -0.452 e. The quantitative estimate of drug-likeness (QED) is 0.550. The van der Waals surface area contributed by atoms with Gasteiger partial charge in [0.15, 0.2) is 6.61 Å². The summed E-state index contributed by atoms with van der Waals surface area (Å²) in [5.41, 5.74) is 0.749. The lowest BCUT2D eigenvalue weighted by atomic mass is 9.78. The number of esters is 1. The van der Waals surface area contributed by atoms with Gasteiger partial charge in [-0.3, -0.25) is 4.79 Å². The van der Waals surface area contributed by atoms with Gasteiger partial charge in [0.1, 0.15) is 0 Å². The summed E-state index contributed by atoms with van der Waals surface area (Å²) < 4.78 is 38.9. The van der Waals surface area contributed by atoms with E-state index in [2.05, 4.69) is 19.2 Å². The van der Waals surface area contributed by atoms with Crippen molar-refractivity contribution in [2.75, 3.05) is 50.9 Å². The molecule has 4 rings (SSSR count). The molecule has 0 bridgehead atoms. The minimum atomic E-state index is -3.72. The van der Waals surface area contributed by atoms with Gasteiger partial charge in [-0.25, -0.2) is 13.2 Å². The van der Waals surface area contributed by atoms with E-state index in [-0.39, 0.29) is 22.4 Å². The highest BCUT2D eigenvalue weighted by atomic mass is 32.2. The van der Waals surface area contributed by atoms with Gasteiger partial charge >= 0.3 is 5.97 Å². The predicted molar refractivity (Wildman–Crippen MR) is 136 cm³/mol. The van der Waals surface area contributed by atoms with Crippen LogP contribution in [0.4, 0.5) is 5.69 Å². The van der Waals surface area contributed by atoms with Crippen LogP contribution in [0.2, 0.25) is 0 Å². The molecule has 3 atom stereocenters. The zero-order valence-corrected chi connectivity index (χ0v) is 22.2. The van der Waals surface area contributed by atoms with Crippen LogP contribution in [0.25, 0.3) is 0 Å². The van der Waals surface area contributed by atoms with E-state index in [1.165, 1.54) is 10.4 Å². The molecule has 3 fully saturated rings. The van der Waals surface area contributed by atoms with E-state index >= 15 is 0 Å². The Hall–Kier alpha value is -2.17. The molecule has 2 saturated heterocycles. The van der Waals surface area contributed by atoms with Gasteiger partial charge in [-0.15, -0.1) is 0 Å². The van der Waals surface area contributed by atoms with Crippen LogP contribution >= 0.6 is 0 Å². The zero-order chi connectivity index (χ0) is 25.7. The molecule has 1 aromatic rings. The van der Waals surface area contributed by atoms with Gasteiger partial charge in [0, 0.05) is 32.2 Å². The second-order valence-electron chi connectivity index (χ2n) is 10.3. The minimum absolute atomic E-state index is 0.0712. The first-order valence-corrected chi connectivity index (χ1v) is 14.6. The summed E-state index contributed by atoms with van der Waals surface area (Å²) in [6.45, 7) is 7.09. The largest absolute Gasteiger partial charge is 0.452 e. The van der Waals surface area contributed by atoms with E-state index in [1.54, 1.807) is 12.1 Å². The van der Waals surface area contributed by atoms with E-state index in [0.29, 0.717) is 56.9 Å². The first-order valence-electron chi connectivity index (χ1n) is 13.2. The van der Waals surface area contributed by atoms with Crippen LogP contribution < -0.4 is 10.2 Å². The number of ether oxygens (including phenoxy) is 2. The van der Waals surface area contributed by atoms with Crippen molar-refractivity contribution in [2.45, 2.75) is 63.3 Å². The molecule has 1 amide bonds. The number of benzene rings is 1. The van der Waals surface area contributed by atoms with Crippen LogP contribution in [-0.2, 0) is 24.3 Å². The number of nitrogens with zero attached hydrogens (tertiary/aromatic N) is 2. The number of carbonyl (C=O) groups is 2. The van der Waals surface area contributed by atoms with E-state index < -0.39 is 22.6 Å². The van der Waals surface area contributed by atoms with Gasteiger partial charge in [0.25, 0.3) is 5.91 Å². The Morgan fingerprint density at radius 3 is 2.47 bits per heavy atom. The summed E-state index contributed by atoms with van der Waals surface area (Å²) in [4.78, 5) is 27.9. The van der Waals surface area contributed by atoms with E-state index in [9.17, 15) is 18.0 Å². The number of nitrogens with one attached hydrogen (secondary N) is 1. The number of hydrogen-bond acceptors (Lipinski definition) is 7. The van der Waals surface area contributed by atoms with Gasteiger partial charge in [-0.2, -0.15) is 4.31 Å². The molecule has 2 aliphatic heterocycles. The molecule has 36 heavy (non-hydrogen) atoms. The SMILES string of the molecule is C[C@H]1[C@H](C)CCC[C@@H]1NC(=O)COC(=O)c1cc(S(=O)(=O)N2CCCCC2)ccc1N1CCOCC1. The van der Waals surface area contributed by atoms with Crippen molar-refractivity contribution < 1.29 is 27.5 Å². The van der Waals surface area contributed by atoms with Crippen molar-refractivity contribution in [1.82, 2.24) is 9.62 Å². The second-order valence-corrected chi connectivity index (χ2v) is 12.2. The van der Waals surface area contributed by atoms with Gasteiger partial charge in [-0.1, -0.05) is 33.1 Å². The van der Waals surface area contributed by atoms with E-state index in [4.69, 9.17) is 9.47 Å². The summed E-state index contributed by atoms with van der Waals surface area (Å²) >= 11 is 0. The molecular weight excluding hydrogens is 482 g/mol. The Morgan fingerprint density at radius 1 is 1.03 bits per heavy atom. The molecule has 0 aromatic heterocycles. The molecule has 1 saturated carbocycles. The highest BCUT2D eigenvalue weighted by Crippen LogP contribution is 2.30. The Kier molecular flexibility index (Phi) is 8.90. The standard InChI is InChI=1S/C26H39N3O6S/c1-19-7-6-8-23(20(19)2)27-25(30)18-35-26(31)22-17-21(36(32,33)29-11-4-3-5-12-29)9-10-24(22)28-13-15-34-16-14-28/h9-10,17,19-20,23H,3-8,11-16,18H2,1-2H3,(H,27,30)/t19-,20+,23+/m1/s1. The second kappa shape index (κ2) is 11.9. The van der Waals surface area contributed by atoms with Crippen LogP contribution in [0.1, 0.15) is 62.7 Å². The van der Waals surface area contributed by atoms with E-state index in [0.717, 1.165) is 38.5 Å². The lowest BCUT2D eigenvalue weighted by Crippen LogP contribution is -2.45. The van der Waals surface area contributed by atoms with Gasteiger partial charge < -0.3 is 19.7 Å². The van der Waals surface area contributed by atoms with Crippen LogP contribution in [0, 0.1) is 11.8 Å². The molecule has 2 heterocycles. The average Bonchev–Trinajstić information content (AvgIpc) is 2.90. The number of morpholine rings is 1. The molecule has 0 unspecified atom stereocenters. The molecule has 1 aromatic carbocycles. The first kappa shape index (κ1) is 26.9. The Labute approximate surface area is 214 Å². The van der Waals surface area contributed by atoms with Crippen LogP contribution in [0.3, 0.4) is 0 Å². The van der Waals surface area contributed by atoms with Crippen molar-refractivity contribution in [3.8, 4) is 0 Å². The third kappa shape index (κ3) is 6.20. The number of carbonyl (C=O) groups excluding carboxylic acids is 2. The Balaban J connectivity index is 1.50. The molecule has 0 radical (unpaired) electrons. The van der Waals surface area contributed by atoms with E-state index in [1.807, 2.05) is 4.90 Å². The molecule has 0 spiro atoms. The van der Waals surface area contributed by atoms with Crippen LogP contribution in [0.5, 0.6) is 0 Å². The molecule has 10 heteroatoms. The van der Waals surface area contributed by atoms with Crippen molar-refractivity contribution in [3.05, 3.63) is 23.8 Å². The maximum atomic E-state index is 13.3. The highest BCUT2D eigenvalue weighted by Gasteiger charge is 2.30. The van der Waals surface area contributed by atoms with Crippen molar-refractivity contribution in [2.24, 2.45) is 11.8 Å². The normalized spacial score (nSPS) is 25.8. The molecule has 1 N–H and O–H groups in total. The fraction of sp³-hybridized carbons (Fsp3) is 0.692. The van der Waals surface area contributed by atoms with Gasteiger partial charge in [0.05, 0.1) is 29.4 Å². The third-order valence-electron chi connectivity index (χ3n) is 7.88. The number of rotatable bonds is 7. The lowest BCUT2D eigenvalue weighted by Gasteiger charge is -2.34. The van der Waals surface area contributed by atoms with Crippen molar-refractivity contribution >= 4 is 27.6 Å². The lowest BCUT2D eigenvalue weighted by molar-refractivity contribution is -0.125. The summed E-state index contributed by atoms with van der Waals surface area (Å²) in [6, 6.07) is 4.70. The molecule has 3 aliphatic rings. The van der Waals surface area contributed by atoms with Crippen molar-refractivity contribution in [3.63, 3.8) is 0 Å². The molecule has 1 aliphatic carbocycles.